The van der Waals surface area contributed by atoms with Gasteiger partial charge in [-0.25, -0.2) is 4.79 Å². The molecule has 2 nitrogen and oxygen atoms in total. The molecule has 0 amide bonds. The SMILES string of the molecule is O=C(O)c1ccc(/C=C/C#Cc2ccccc2)cc1. The summed E-state index contributed by atoms with van der Waals surface area (Å²) in [5.74, 6) is 5.04. The van der Waals surface area contributed by atoms with E-state index < -0.39 is 5.97 Å². The smallest absolute Gasteiger partial charge is 0.335 e. The van der Waals surface area contributed by atoms with Gasteiger partial charge in [-0.3, -0.25) is 0 Å². The van der Waals surface area contributed by atoms with Gasteiger partial charge in [-0.2, -0.15) is 0 Å². The van der Waals surface area contributed by atoms with Crippen LogP contribution in [0.1, 0.15) is 21.5 Å². The van der Waals surface area contributed by atoms with Gasteiger partial charge in [0.05, 0.1) is 5.56 Å². The van der Waals surface area contributed by atoms with Crippen LogP contribution in [-0.2, 0) is 0 Å². The van der Waals surface area contributed by atoms with Crippen LogP contribution in [0, 0.1) is 11.8 Å². The number of hydrogen-bond acceptors (Lipinski definition) is 1. The first-order valence-electron chi connectivity index (χ1n) is 5.82. The maximum Gasteiger partial charge on any atom is 0.335 e. The Morgan fingerprint density at radius 2 is 1.68 bits per heavy atom. The van der Waals surface area contributed by atoms with E-state index in [1.54, 1.807) is 30.3 Å². The Balaban J connectivity index is 2.04. The van der Waals surface area contributed by atoms with Crippen LogP contribution in [0.15, 0.2) is 60.7 Å². The highest BCUT2D eigenvalue weighted by Gasteiger charge is 1.99. The van der Waals surface area contributed by atoms with Crippen molar-refractivity contribution in [3.8, 4) is 11.8 Å². The van der Waals surface area contributed by atoms with Gasteiger partial charge in [-0.1, -0.05) is 42.2 Å². The van der Waals surface area contributed by atoms with Gasteiger partial charge in [0.15, 0.2) is 0 Å². The highest BCUT2D eigenvalue weighted by atomic mass is 16.4. The van der Waals surface area contributed by atoms with Crippen molar-refractivity contribution in [3.63, 3.8) is 0 Å². The number of carbonyl (C=O) groups is 1. The van der Waals surface area contributed by atoms with Crippen LogP contribution in [-0.4, -0.2) is 11.1 Å². The average Bonchev–Trinajstić information content (AvgIpc) is 2.45. The van der Waals surface area contributed by atoms with Crippen LogP contribution in [0.3, 0.4) is 0 Å². The van der Waals surface area contributed by atoms with E-state index in [2.05, 4.69) is 11.8 Å². The van der Waals surface area contributed by atoms with Gasteiger partial charge in [0, 0.05) is 5.56 Å². The highest BCUT2D eigenvalue weighted by molar-refractivity contribution is 5.87. The van der Waals surface area contributed by atoms with Crippen molar-refractivity contribution >= 4 is 12.0 Å². The number of carboxylic acids is 1. The van der Waals surface area contributed by atoms with Crippen LogP contribution in [0.25, 0.3) is 6.08 Å². The summed E-state index contributed by atoms with van der Waals surface area (Å²) >= 11 is 0. The molecule has 0 fully saturated rings. The molecule has 2 aromatic carbocycles. The Hall–Kier alpha value is -2.79. The summed E-state index contributed by atoms with van der Waals surface area (Å²) in [4.78, 5) is 10.7. The summed E-state index contributed by atoms with van der Waals surface area (Å²) in [5, 5.41) is 8.78. The quantitative estimate of drug-likeness (QED) is 0.826. The first-order chi connectivity index (χ1) is 9.25. The number of aromatic carboxylic acids is 1. The fourth-order valence-electron chi connectivity index (χ4n) is 1.52. The van der Waals surface area contributed by atoms with E-state index in [4.69, 9.17) is 5.11 Å². The zero-order valence-corrected chi connectivity index (χ0v) is 10.2. The maximum absolute atomic E-state index is 10.7. The molecular formula is C17H12O2. The van der Waals surface area contributed by atoms with Crippen molar-refractivity contribution in [2.45, 2.75) is 0 Å². The van der Waals surface area contributed by atoms with Gasteiger partial charge in [0.1, 0.15) is 0 Å². The minimum atomic E-state index is -0.917. The molecule has 0 bridgehead atoms. The van der Waals surface area contributed by atoms with Gasteiger partial charge in [0.25, 0.3) is 0 Å². The maximum atomic E-state index is 10.7. The molecule has 0 saturated carbocycles. The number of hydrogen-bond donors (Lipinski definition) is 1. The van der Waals surface area contributed by atoms with Crippen LogP contribution in [0.5, 0.6) is 0 Å². The summed E-state index contributed by atoms with van der Waals surface area (Å²) in [6.45, 7) is 0. The first-order valence-corrected chi connectivity index (χ1v) is 5.82. The topological polar surface area (TPSA) is 37.3 Å². The Bertz CT molecular complexity index is 641. The third-order valence-electron chi connectivity index (χ3n) is 2.51. The van der Waals surface area contributed by atoms with Crippen LogP contribution >= 0.6 is 0 Å². The van der Waals surface area contributed by atoms with E-state index in [0.29, 0.717) is 0 Å². The molecule has 92 valence electrons. The van der Waals surface area contributed by atoms with E-state index in [0.717, 1.165) is 11.1 Å². The second kappa shape index (κ2) is 6.23. The second-order valence-electron chi connectivity index (χ2n) is 3.90. The third kappa shape index (κ3) is 3.86. The van der Waals surface area contributed by atoms with E-state index in [1.807, 2.05) is 36.4 Å². The molecule has 19 heavy (non-hydrogen) atoms. The van der Waals surface area contributed by atoms with Crippen molar-refractivity contribution in [2.24, 2.45) is 0 Å². The summed E-state index contributed by atoms with van der Waals surface area (Å²) in [6.07, 6.45) is 3.60. The molecule has 0 spiro atoms. The fourth-order valence-corrected chi connectivity index (χ4v) is 1.52. The Labute approximate surface area is 112 Å². The number of allylic oxidation sites excluding steroid dienone is 1. The molecule has 2 aromatic rings. The predicted molar refractivity (Wildman–Crippen MR) is 75.8 cm³/mol. The van der Waals surface area contributed by atoms with Crippen LogP contribution < -0.4 is 0 Å². The number of benzene rings is 2. The van der Waals surface area contributed by atoms with Crippen molar-refractivity contribution in [2.75, 3.05) is 0 Å². The minimum Gasteiger partial charge on any atom is -0.478 e. The van der Waals surface area contributed by atoms with E-state index in [-0.39, 0.29) is 5.56 Å². The zero-order chi connectivity index (χ0) is 13.5. The molecule has 0 aliphatic carbocycles. The standard InChI is InChI=1S/C17H12O2/c18-17(19)16-12-10-15(11-13-16)9-5-4-8-14-6-2-1-3-7-14/h1-3,5-7,9-13H,(H,18,19)/b9-5+. The molecule has 1 N–H and O–H groups in total. The summed E-state index contributed by atoms with van der Waals surface area (Å²) in [6, 6.07) is 16.4. The molecule has 0 radical (unpaired) electrons. The van der Waals surface area contributed by atoms with E-state index >= 15 is 0 Å². The second-order valence-corrected chi connectivity index (χ2v) is 3.90. The molecule has 0 saturated heterocycles. The molecule has 2 heteroatoms. The Kier molecular flexibility index (Phi) is 4.15. The lowest BCUT2D eigenvalue weighted by molar-refractivity contribution is 0.0697. The van der Waals surface area contributed by atoms with Crippen molar-refractivity contribution in [1.29, 1.82) is 0 Å². The summed E-state index contributed by atoms with van der Waals surface area (Å²) < 4.78 is 0. The van der Waals surface area contributed by atoms with Gasteiger partial charge >= 0.3 is 5.97 Å². The normalized spacial score (nSPS) is 9.89. The van der Waals surface area contributed by atoms with Crippen molar-refractivity contribution < 1.29 is 9.90 Å². The van der Waals surface area contributed by atoms with Gasteiger partial charge in [-0.05, 0) is 42.0 Å². The van der Waals surface area contributed by atoms with Gasteiger partial charge in [-0.15, -0.1) is 0 Å². The Morgan fingerprint density at radius 3 is 2.32 bits per heavy atom. The summed E-state index contributed by atoms with van der Waals surface area (Å²) in [7, 11) is 0. The van der Waals surface area contributed by atoms with E-state index in [9.17, 15) is 4.79 Å². The first kappa shape index (κ1) is 12.7. The van der Waals surface area contributed by atoms with Crippen LogP contribution in [0.2, 0.25) is 0 Å². The molecule has 0 aliphatic rings. The monoisotopic (exact) mass is 248 g/mol. The molecule has 0 aliphatic heterocycles. The lowest BCUT2D eigenvalue weighted by atomic mass is 10.1. The average molecular weight is 248 g/mol. The molecule has 0 heterocycles. The lowest BCUT2D eigenvalue weighted by Crippen LogP contribution is -1.94. The minimum absolute atomic E-state index is 0.285. The summed E-state index contributed by atoms with van der Waals surface area (Å²) in [5.41, 5.74) is 2.17. The highest BCUT2D eigenvalue weighted by Crippen LogP contribution is 2.06. The Morgan fingerprint density at radius 1 is 1.00 bits per heavy atom. The molecule has 0 unspecified atom stereocenters. The van der Waals surface area contributed by atoms with Crippen LogP contribution in [0.4, 0.5) is 0 Å². The third-order valence-corrected chi connectivity index (χ3v) is 2.51. The number of rotatable bonds is 2. The van der Waals surface area contributed by atoms with Crippen molar-refractivity contribution in [1.82, 2.24) is 0 Å². The predicted octanol–water partition coefficient (Wildman–Crippen LogP) is 3.45. The van der Waals surface area contributed by atoms with Crippen molar-refractivity contribution in [3.05, 3.63) is 77.4 Å². The molecule has 0 atom stereocenters. The lowest BCUT2D eigenvalue weighted by Gasteiger charge is -1.94. The van der Waals surface area contributed by atoms with Gasteiger partial charge in [0.2, 0.25) is 0 Å². The molecule has 0 aromatic heterocycles. The fraction of sp³-hybridized carbons (Fsp3) is 0. The zero-order valence-electron chi connectivity index (χ0n) is 10.2. The van der Waals surface area contributed by atoms with Gasteiger partial charge < -0.3 is 5.11 Å². The molecular weight excluding hydrogens is 236 g/mol. The molecule has 2 rings (SSSR count). The van der Waals surface area contributed by atoms with E-state index in [1.165, 1.54) is 0 Å². The number of carboxylic acid groups (broad SMARTS) is 1. The largest absolute Gasteiger partial charge is 0.478 e.